The molecule has 0 bridgehead atoms. The molecule has 0 atom stereocenters. The van der Waals surface area contributed by atoms with Crippen molar-refractivity contribution in [2.45, 2.75) is 0 Å². The number of hydrogen-bond donors (Lipinski definition) is 8. The van der Waals surface area contributed by atoms with Crippen molar-refractivity contribution in [1.82, 2.24) is 38.4 Å². The minimum atomic E-state index is 0.644. The Balaban J connectivity index is 2.65. The maximum absolute atomic E-state index is 4.85. The van der Waals surface area contributed by atoms with Crippen molar-refractivity contribution < 1.29 is 0 Å². The Labute approximate surface area is 59.1 Å². The van der Waals surface area contributed by atoms with Crippen molar-refractivity contribution in [1.29, 1.82) is 0 Å². The number of hydrazine groups is 6. The van der Waals surface area contributed by atoms with Crippen molar-refractivity contribution in [2.75, 3.05) is 13.7 Å². The van der Waals surface area contributed by atoms with E-state index in [9.17, 15) is 0 Å². The monoisotopic (exact) mass is 150 g/mol. The largest absolute Gasteiger partial charge is 0.307 e. The smallest absolute Gasteiger partial charge is 0.0601 e. The molecule has 0 aliphatic carbocycles. The lowest BCUT2D eigenvalue weighted by Gasteiger charge is -2.08. The highest BCUT2D eigenvalue weighted by Crippen LogP contribution is 1.33. The molecule has 0 unspecified atom stereocenters. The van der Waals surface area contributed by atoms with Crippen LogP contribution in [0.4, 0.5) is 0 Å². The van der Waals surface area contributed by atoms with Crippen LogP contribution in [0.2, 0.25) is 0 Å². The molecule has 0 aromatic carbocycles. The van der Waals surface area contributed by atoms with Crippen molar-refractivity contribution >= 4 is 0 Å². The van der Waals surface area contributed by atoms with Gasteiger partial charge in [0.25, 0.3) is 0 Å². The van der Waals surface area contributed by atoms with E-state index in [1.807, 2.05) is 7.05 Å². The van der Waals surface area contributed by atoms with E-state index in [0.29, 0.717) is 6.67 Å². The molecular formula is C2H14N8. The summed E-state index contributed by atoms with van der Waals surface area (Å²) >= 11 is 0. The van der Waals surface area contributed by atoms with Crippen LogP contribution in [0, 0.1) is 0 Å². The van der Waals surface area contributed by atoms with Gasteiger partial charge in [-0.25, -0.2) is 5.43 Å². The van der Waals surface area contributed by atoms with E-state index < -0.39 is 0 Å². The zero-order chi connectivity index (χ0) is 7.66. The molecule has 0 rings (SSSR count). The summed E-state index contributed by atoms with van der Waals surface area (Å²) in [6.07, 6.45) is 0. The molecule has 0 amide bonds. The first kappa shape index (κ1) is 9.68. The van der Waals surface area contributed by atoms with Crippen LogP contribution in [0.15, 0.2) is 0 Å². The van der Waals surface area contributed by atoms with E-state index in [1.54, 1.807) is 0 Å². The summed E-state index contributed by atoms with van der Waals surface area (Å²) in [6.45, 7) is 0.644. The molecule has 0 heterocycles. The summed E-state index contributed by atoms with van der Waals surface area (Å²) in [5.74, 6) is 4.85. The standard InChI is InChI=1S/C2H14N8/c1-4-2-5-7-9-10-8-6-3/h4-10H,2-3H2,1H3. The van der Waals surface area contributed by atoms with Crippen LogP contribution in [-0.2, 0) is 0 Å². The Hall–Kier alpha value is -0.320. The minimum absolute atomic E-state index is 0.644. The summed E-state index contributed by atoms with van der Waals surface area (Å²) < 4.78 is 0. The van der Waals surface area contributed by atoms with E-state index in [2.05, 4.69) is 38.4 Å². The second-order valence-corrected chi connectivity index (χ2v) is 1.35. The first-order valence-corrected chi connectivity index (χ1v) is 2.75. The molecule has 8 heteroatoms. The average molecular weight is 150 g/mol. The van der Waals surface area contributed by atoms with Crippen LogP contribution in [0.5, 0.6) is 0 Å². The third-order valence-corrected chi connectivity index (χ3v) is 0.613. The van der Waals surface area contributed by atoms with Crippen LogP contribution in [-0.4, -0.2) is 13.7 Å². The Kier molecular flexibility index (Phi) is 8.40. The zero-order valence-corrected chi connectivity index (χ0v) is 5.78. The van der Waals surface area contributed by atoms with Gasteiger partial charge in [-0.05, 0) is 7.05 Å². The van der Waals surface area contributed by atoms with Gasteiger partial charge >= 0.3 is 0 Å². The minimum Gasteiger partial charge on any atom is -0.307 e. The average Bonchev–Trinajstić information content (AvgIpc) is 1.97. The molecule has 0 aliphatic heterocycles. The van der Waals surface area contributed by atoms with Crippen LogP contribution in [0.1, 0.15) is 0 Å². The molecule has 0 aromatic rings. The molecule has 0 saturated heterocycles. The Bertz CT molecular complexity index is 47.2. The summed E-state index contributed by atoms with van der Waals surface area (Å²) in [5.41, 5.74) is 14.8. The summed E-state index contributed by atoms with van der Waals surface area (Å²) in [5, 5.41) is 2.86. The van der Waals surface area contributed by atoms with Crippen molar-refractivity contribution in [3.63, 3.8) is 0 Å². The van der Waals surface area contributed by atoms with Gasteiger partial charge in [0, 0.05) is 0 Å². The number of rotatable bonds is 7. The topological polar surface area (TPSA) is 110 Å². The number of nitrogens with one attached hydrogen (secondary N) is 7. The van der Waals surface area contributed by atoms with E-state index in [0.717, 1.165) is 0 Å². The molecule has 8 nitrogen and oxygen atoms in total. The fourth-order valence-corrected chi connectivity index (χ4v) is 0.275. The Morgan fingerprint density at radius 3 is 2.40 bits per heavy atom. The highest BCUT2D eigenvalue weighted by Gasteiger charge is 1.77. The van der Waals surface area contributed by atoms with Gasteiger partial charge in [0.05, 0.1) is 6.67 Å². The van der Waals surface area contributed by atoms with Gasteiger partial charge < -0.3 is 5.32 Å². The molecular weight excluding hydrogens is 136 g/mol. The Morgan fingerprint density at radius 2 is 1.80 bits per heavy atom. The fraction of sp³-hybridized carbons (Fsp3) is 1.00. The van der Waals surface area contributed by atoms with Crippen LogP contribution >= 0.6 is 0 Å². The Morgan fingerprint density at radius 1 is 1.10 bits per heavy atom. The second kappa shape index (κ2) is 8.68. The van der Waals surface area contributed by atoms with E-state index in [-0.39, 0.29) is 0 Å². The number of nitrogens with two attached hydrogens (primary N) is 1. The highest BCUT2D eigenvalue weighted by atomic mass is 15.9. The normalized spacial score (nSPS) is 10.2. The van der Waals surface area contributed by atoms with Gasteiger partial charge in [-0.3, -0.25) is 5.84 Å². The van der Waals surface area contributed by atoms with Gasteiger partial charge in [-0.2, -0.15) is 27.7 Å². The molecule has 0 saturated carbocycles. The molecule has 0 aromatic heterocycles. The van der Waals surface area contributed by atoms with E-state index in [1.165, 1.54) is 0 Å². The second-order valence-electron chi connectivity index (χ2n) is 1.35. The van der Waals surface area contributed by atoms with Crippen molar-refractivity contribution in [2.24, 2.45) is 5.84 Å². The third kappa shape index (κ3) is 7.68. The molecule has 0 spiro atoms. The lowest BCUT2D eigenvalue weighted by molar-refractivity contribution is 0.294. The van der Waals surface area contributed by atoms with Crippen LogP contribution in [0.3, 0.4) is 0 Å². The predicted octanol–water partition coefficient (Wildman–Crippen LogP) is -3.85. The van der Waals surface area contributed by atoms with Crippen LogP contribution < -0.4 is 44.3 Å². The number of hydrogen-bond acceptors (Lipinski definition) is 8. The van der Waals surface area contributed by atoms with Crippen LogP contribution in [0.25, 0.3) is 0 Å². The highest BCUT2D eigenvalue weighted by molar-refractivity contribution is 4.24. The van der Waals surface area contributed by atoms with Gasteiger partial charge in [-0.15, -0.1) is 0 Å². The quantitative estimate of drug-likeness (QED) is 0.0806. The predicted molar refractivity (Wildman–Crippen MR) is 36.9 cm³/mol. The molecule has 62 valence electrons. The van der Waals surface area contributed by atoms with Gasteiger partial charge in [-0.1, -0.05) is 0 Å². The molecule has 0 aliphatic rings. The van der Waals surface area contributed by atoms with Gasteiger partial charge in [0.1, 0.15) is 0 Å². The first-order valence-electron chi connectivity index (χ1n) is 2.75. The SMILES string of the molecule is CNCNNNNNNN. The lowest BCUT2D eigenvalue weighted by atomic mass is 11.1. The van der Waals surface area contributed by atoms with E-state index >= 15 is 0 Å². The first-order chi connectivity index (χ1) is 4.91. The summed E-state index contributed by atoms with van der Waals surface area (Å²) in [7, 11) is 1.82. The van der Waals surface area contributed by atoms with Gasteiger partial charge in [0.15, 0.2) is 0 Å². The zero-order valence-electron chi connectivity index (χ0n) is 5.78. The van der Waals surface area contributed by atoms with Gasteiger partial charge in [0.2, 0.25) is 0 Å². The lowest BCUT2D eigenvalue weighted by Crippen LogP contribution is -2.60. The fourth-order valence-electron chi connectivity index (χ4n) is 0.275. The molecule has 10 heavy (non-hydrogen) atoms. The summed E-state index contributed by atoms with van der Waals surface area (Å²) in [4.78, 5) is 0. The molecule has 0 radical (unpaired) electrons. The molecule has 0 fully saturated rings. The van der Waals surface area contributed by atoms with Crippen molar-refractivity contribution in [3.05, 3.63) is 0 Å². The molecule has 9 N–H and O–H groups in total. The maximum atomic E-state index is 4.85. The third-order valence-electron chi connectivity index (χ3n) is 0.613. The maximum Gasteiger partial charge on any atom is 0.0601 e. The summed E-state index contributed by atoms with van der Waals surface area (Å²) in [6, 6.07) is 0. The van der Waals surface area contributed by atoms with E-state index in [4.69, 9.17) is 5.84 Å². The van der Waals surface area contributed by atoms with Crippen molar-refractivity contribution in [3.8, 4) is 0 Å².